The number of nitrogens with zero attached hydrogens (tertiary/aromatic N) is 1. The van der Waals surface area contributed by atoms with E-state index in [1.165, 1.54) is 4.88 Å². The van der Waals surface area contributed by atoms with Crippen LogP contribution in [0.15, 0.2) is 12.1 Å². The first-order chi connectivity index (χ1) is 8.17. The topological polar surface area (TPSA) is 49.5 Å². The van der Waals surface area contributed by atoms with Crippen LogP contribution in [0.25, 0.3) is 0 Å². The molecule has 3 nitrogen and oxygen atoms in total. The fourth-order valence-electron chi connectivity index (χ4n) is 1.52. The summed E-state index contributed by atoms with van der Waals surface area (Å²) in [5.41, 5.74) is 5.34. The van der Waals surface area contributed by atoms with E-state index in [4.69, 9.17) is 10.8 Å². The molecule has 1 rings (SSSR count). The zero-order valence-electron chi connectivity index (χ0n) is 10.4. The van der Waals surface area contributed by atoms with Crippen molar-refractivity contribution in [2.45, 2.75) is 26.4 Å². The average Bonchev–Trinajstić information content (AvgIpc) is 2.73. The van der Waals surface area contributed by atoms with E-state index in [0.717, 1.165) is 11.4 Å². The Morgan fingerprint density at radius 1 is 1.47 bits per heavy atom. The molecule has 0 fully saturated rings. The summed E-state index contributed by atoms with van der Waals surface area (Å²) in [6.45, 7) is 6.45. The zero-order chi connectivity index (χ0) is 12.7. The Labute approximate surface area is 107 Å². The molecule has 1 aromatic rings. The Balaban J connectivity index is 2.63. The maximum Gasteiger partial charge on any atom is 0.0772 e. The predicted octanol–water partition coefficient (Wildman–Crippen LogP) is 1.26. The number of aliphatic hydroxyl groups excluding tert-OH is 1. The number of hydrogen-bond donors (Lipinski definition) is 2. The Morgan fingerprint density at radius 3 is 2.82 bits per heavy atom. The van der Waals surface area contributed by atoms with Crippen molar-refractivity contribution in [3.63, 3.8) is 0 Å². The molecule has 17 heavy (non-hydrogen) atoms. The van der Waals surface area contributed by atoms with Crippen LogP contribution in [0.4, 0.5) is 0 Å². The van der Waals surface area contributed by atoms with Gasteiger partial charge in [-0.1, -0.05) is 11.8 Å². The molecule has 1 aromatic heterocycles. The molecule has 0 spiro atoms. The maximum atomic E-state index is 9.01. The third-order valence-corrected chi connectivity index (χ3v) is 3.44. The SMILES string of the molecule is CC(C)N(CCO)Cc1ccc(C#CCN)s1. The number of hydrogen-bond acceptors (Lipinski definition) is 4. The van der Waals surface area contributed by atoms with E-state index < -0.39 is 0 Å². The van der Waals surface area contributed by atoms with E-state index in [1.807, 2.05) is 6.07 Å². The first-order valence-corrected chi connectivity index (χ1v) is 6.61. The molecule has 1 heterocycles. The van der Waals surface area contributed by atoms with E-state index in [1.54, 1.807) is 11.3 Å². The Hall–Kier alpha value is -0.860. The van der Waals surface area contributed by atoms with Crippen molar-refractivity contribution in [3.05, 3.63) is 21.9 Å². The lowest BCUT2D eigenvalue weighted by molar-refractivity contribution is 0.160. The molecule has 0 atom stereocenters. The van der Waals surface area contributed by atoms with Gasteiger partial charge in [0.2, 0.25) is 0 Å². The molecule has 0 saturated heterocycles. The first kappa shape index (κ1) is 14.2. The van der Waals surface area contributed by atoms with Gasteiger partial charge >= 0.3 is 0 Å². The van der Waals surface area contributed by atoms with Gasteiger partial charge in [-0.25, -0.2) is 0 Å². The van der Waals surface area contributed by atoms with Crippen molar-refractivity contribution < 1.29 is 5.11 Å². The Bertz CT molecular complexity index is 390. The van der Waals surface area contributed by atoms with Gasteiger partial charge < -0.3 is 10.8 Å². The molecular formula is C13H20N2OS. The van der Waals surface area contributed by atoms with Crippen LogP contribution in [-0.4, -0.2) is 35.7 Å². The molecule has 3 N–H and O–H groups in total. The van der Waals surface area contributed by atoms with E-state index in [-0.39, 0.29) is 6.61 Å². The summed E-state index contributed by atoms with van der Waals surface area (Å²) in [4.78, 5) is 4.57. The highest BCUT2D eigenvalue weighted by Gasteiger charge is 2.10. The van der Waals surface area contributed by atoms with Gasteiger partial charge in [-0.05, 0) is 26.0 Å². The minimum Gasteiger partial charge on any atom is -0.395 e. The Kier molecular flexibility index (Phi) is 6.23. The summed E-state index contributed by atoms with van der Waals surface area (Å²) in [5, 5.41) is 9.01. The molecule has 0 aliphatic rings. The smallest absolute Gasteiger partial charge is 0.0772 e. The lowest BCUT2D eigenvalue weighted by Gasteiger charge is -2.24. The van der Waals surface area contributed by atoms with E-state index >= 15 is 0 Å². The van der Waals surface area contributed by atoms with Crippen LogP contribution in [-0.2, 0) is 6.54 Å². The number of aliphatic hydroxyl groups is 1. The average molecular weight is 252 g/mol. The maximum absolute atomic E-state index is 9.01. The second-order valence-corrected chi connectivity index (χ2v) is 5.23. The van der Waals surface area contributed by atoms with Gasteiger partial charge in [0, 0.05) is 24.0 Å². The third-order valence-electron chi connectivity index (χ3n) is 2.45. The van der Waals surface area contributed by atoms with Crippen LogP contribution in [0.1, 0.15) is 23.6 Å². The lowest BCUT2D eigenvalue weighted by Crippen LogP contribution is -2.32. The van der Waals surface area contributed by atoms with Gasteiger partial charge in [-0.3, -0.25) is 4.90 Å². The molecule has 0 saturated carbocycles. The van der Waals surface area contributed by atoms with Gasteiger partial charge in [0.1, 0.15) is 0 Å². The molecule has 0 aliphatic heterocycles. The molecule has 94 valence electrons. The first-order valence-electron chi connectivity index (χ1n) is 5.80. The molecule has 0 aromatic carbocycles. The van der Waals surface area contributed by atoms with Gasteiger partial charge in [0.25, 0.3) is 0 Å². The third kappa shape index (κ3) is 4.88. The molecular weight excluding hydrogens is 232 g/mol. The highest BCUT2D eigenvalue weighted by Crippen LogP contribution is 2.18. The van der Waals surface area contributed by atoms with Crippen LogP contribution in [0.3, 0.4) is 0 Å². The Morgan fingerprint density at radius 2 is 2.24 bits per heavy atom. The van der Waals surface area contributed by atoms with Crippen molar-refractivity contribution in [2.75, 3.05) is 19.7 Å². The summed E-state index contributed by atoms with van der Waals surface area (Å²) in [6, 6.07) is 4.56. The van der Waals surface area contributed by atoms with Crippen molar-refractivity contribution in [2.24, 2.45) is 5.73 Å². The van der Waals surface area contributed by atoms with Gasteiger partial charge in [0.05, 0.1) is 18.0 Å². The van der Waals surface area contributed by atoms with Crippen molar-refractivity contribution in [3.8, 4) is 11.8 Å². The normalized spacial score (nSPS) is 10.7. The monoisotopic (exact) mass is 252 g/mol. The summed E-state index contributed by atoms with van der Waals surface area (Å²) < 4.78 is 0. The second kappa shape index (κ2) is 7.46. The lowest BCUT2D eigenvalue weighted by atomic mass is 10.3. The molecule has 0 radical (unpaired) electrons. The fourth-order valence-corrected chi connectivity index (χ4v) is 2.42. The molecule has 0 unspecified atom stereocenters. The predicted molar refractivity (Wildman–Crippen MR) is 72.9 cm³/mol. The van der Waals surface area contributed by atoms with Crippen molar-refractivity contribution >= 4 is 11.3 Å². The second-order valence-electron chi connectivity index (χ2n) is 4.06. The van der Waals surface area contributed by atoms with Gasteiger partial charge in [-0.2, -0.15) is 0 Å². The summed E-state index contributed by atoms with van der Waals surface area (Å²) in [5.74, 6) is 5.89. The number of nitrogens with two attached hydrogens (primary N) is 1. The van der Waals surface area contributed by atoms with Crippen LogP contribution in [0.2, 0.25) is 0 Å². The molecule has 0 aliphatic carbocycles. The zero-order valence-corrected chi connectivity index (χ0v) is 11.3. The summed E-state index contributed by atoms with van der Waals surface area (Å²) in [6.07, 6.45) is 0. The van der Waals surface area contributed by atoms with Crippen LogP contribution in [0, 0.1) is 11.8 Å². The van der Waals surface area contributed by atoms with E-state index in [0.29, 0.717) is 19.1 Å². The fraction of sp³-hybridized carbons (Fsp3) is 0.538. The highest BCUT2D eigenvalue weighted by molar-refractivity contribution is 7.12. The van der Waals surface area contributed by atoms with Crippen LogP contribution < -0.4 is 5.73 Å². The highest BCUT2D eigenvalue weighted by atomic mass is 32.1. The molecule has 0 amide bonds. The van der Waals surface area contributed by atoms with Crippen molar-refractivity contribution in [1.82, 2.24) is 4.90 Å². The summed E-state index contributed by atoms with van der Waals surface area (Å²) >= 11 is 1.69. The quantitative estimate of drug-likeness (QED) is 0.776. The van der Waals surface area contributed by atoms with Gasteiger partial charge in [0.15, 0.2) is 0 Å². The largest absolute Gasteiger partial charge is 0.395 e. The van der Waals surface area contributed by atoms with Crippen molar-refractivity contribution in [1.29, 1.82) is 0 Å². The van der Waals surface area contributed by atoms with Gasteiger partial charge in [-0.15, -0.1) is 11.3 Å². The standard InChI is InChI=1S/C13H20N2OS/c1-11(2)15(8-9-16)10-13-6-5-12(17-13)4-3-7-14/h5-6,11,16H,7-10,14H2,1-2H3. The summed E-state index contributed by atoms with van der Waals surface area (Å²) in [7, 11) is 0. The van der Waals surface area contributed by atoms with E-state index in [9.17, 15) is 0 Å². The number of rotatable bonds is 5. The molecule has 0 bridgehead atoms. The minimum absolute atomic E-state index is 0.198. The van der Waals surface area contributed by atoms with Crippen LogP contribution >= 0.6 is 11.3 Å². The minimum atomic E-state index is 0.198. The van der Waals surface area contributed by atoms with Crippen LogP contribution in [0.5, 0.6) is 0 Å². The van der Waals surface area contributed by atoms with E-state index in [2.05, 4.69) is 36.7 Å². The molecule has 4 heteroatoms. The number of thiophene rings is 1.